The first-order valence-corrected chi connectivity index (χ1v) is 11.3. The summed E-state index contributed by atoms with van der Waals surface area (Å²) >= 11 is 0. The van der Waals surface area contributed by atoms with E-state index in [1.54, 1.807) is 0 Å². The zero-order valence-corrected chi connectivity index (χ0v) is 19.7. The second-order valence-electron chi connectivity index (χ2n) is 11.4. The van der Waals surface area contributed by atoms with Crippen LogP contribution in [0.25, 0.3) is 0 Å². The van der Waals surface area contributed by atoms with E-state index in [-0.39, 0.29) is 22.7 Å². The van der Waals surface area contributed by atoms with Gasteiger partial charge in [-0.05, 0) is 54.4 Å². The van der Waals surface area contributed by atoms with E-state index in [9.17, 15) is 5.11 Å². The van der Waals surface area contributed by atoms with Gasteiger partial charge >= 0.3 is 0 Å². The first kappa shape index (κ1) is 22.8. The van der Waals surface area contributed by atoms with Gasteiger partial charge in [0, 0.05) is 29.7 Å². The molecule has 152 valence electrons. The monoisotopic (exact) mass is 391 g/mol. The van der Waals surface area contributed by atoms with Crippen molar-refractivity contribution in [2.24, 2.45) is 11.8 Å². The second kappa shape index (κ2) is 8.34. The maximum atomic E-state index is 10.9. The quantitative estimate of drug-likeness (QED) is 0.520. The Kier molecular flexibility index (Phi) is 6.56. The number of benzene rings is 1. The molecule has 2 aliphatic heterocycles. The highest BCUT2D eigenvalue weighted by molar-refractivity contribution is 6.59. The van der Waals surface area contributed by atoms with Crippen molar-refractivity contribution in [3.05, 3.63) is 23.3 Å². The fourth-order valence-electron chi connectivity index (χ4n) is 4.76. The highest BCUT2D eigenvalue weighted by atomic mass is 16.5. The molecule has 0 saturated carbocycles. The Labute approximate surface area is 182 Å². The van der Waals surface area contributed by atoms with Crippen LogP contribution in [0.4, 0.5) is 0 Å². The molecule has 1 fully saturated rings. The molecular formula is C19H35B6NO3. The number of hydrogen-bond acceptors (Lipinski definition) is 4. The fraction of sp³-hybridized carbons (Fsp3) is 0.684. The summed E-state index contributed by atoms with van der Waals surface area (Å²) in [6, 6.07) is 4.64. The number of hydrogen-bond donors (Lipinski definition) is 1. The molecule has 1 saturated heterocycles. The van der Waals surface area contributed by atoms with Gasteiger partial charge in [0.25, 0.3) is 0 Å². The predicted octanol–water partition coefficient (Wildman–Crippen LogP) is -3.21. The second-order valence-corrected chi connectivity index (χ2v) is 11.4. The van der Waals surface area contributed by atoms with Crippen molar-refractivity contribution in [3.8, 4) is 11.5 Å². The zero-order valence-electron chi connectivity index (χ0n) is 19.7. The molecule has 0 radical (unpaired) electrons. The van der Waals surface area contributed by atoms with Gasteiger partial charge < -0.3 is 14.6 Å². The molecule has 1 N–H and O–H groups in total. The van der Waals surface area contributed by atoms with Crippen LogP contribution in [0.1, 0.15) is 43.9 Å². The van der Waals surface area contributed by atoms with Crippen LogP contribution >= 0.6 is 0 Å². The van der Waals surface area contributed by atoms with Crippen LogP contribution in [-0.2, 0) is 6.42 Å². The molecule has 3 unspecified atom stereocenters. The van der Waals surface area contributed by atoms with Gasteiger partial charge in [-0.25, -0.2) is 0 Å². The molecule has 0 spiro atoms. The summed E-state index contributed by atoms with van der Waals surface area (Å²) in [5.41, 5.74) is 2.64. The molecule has 4 nitrogen and oxygen atoms in total. The number of rotatable bonds is 6. The lowest BCUT2D eigenvalue weighted by Gasteiger charge is -2.46. The lowest BCUT2D eigenvalue weighted by molar-refractivity contribution is -0.0192. The van der Waals surface area contributed by atoms with E-state index in [4.69, 9.17) is 9.47 Å². The number of ether oxygens (including phenoxy) is 2. The SMILES string of the molecule is BC(B)(B)Oc1cc2c(cc1OC(B)(B)B)C1CC(O)C(CC(C)C)CN1CC2. The van der Waals surface area contributed by atoms with E-state index < -0.39 is 0 Å². The minimum atomic E-state index is -0.299. The van der Waals surface area contributed by atoms with Crippen molar-refractivity contribution in [1.29, 1.82) is 0 Å². The van der Waals surface area contributed by atoms with Gasteiger partial charge in [0.2, 0.25) is 0 Å². The number of piperidine rings is 1. The first-order valence-electron chi connectivity index (χ1n) is 11.3. The number of aliphatic hydroxyl groups is 1. The highest BCUT2D eigenvalue weighted by Gasteiger charge is 2.39. The third-order valence-corrected chi connectivity index (χ3v) is 5.76. The molecule has 1 aromatic rings. The molecular weight excluding hydrogens is 355 g/mol. The van der Waals surface area contributed by atoms with Gasteiger partial charge in [-0.2, -0.15) is 0 Å². The van der Waals surface area contributed by atoms with E-state index in [2.05, 4.69) is 78.0 Å². The Bertz CT molecular complexity index is 734. The third-order valence-electron chi connectivity index (χ3n) is 5.76. The molecule has 0 aliphatic carbocycles. The van der Waals surface area contributed by atoms with E-state index in [0.29, 0.717) is 11.8 Å². The summed E-state index contributed by atoms with van der Waals surface area (Å²) in [4.78, 5) is 2.58. The summed E-state index contributed by atoms with van der Waals surface area (Å²) in [5.74, 6) is 2.63. The largest absolute Gasteiger partial charge is 0.510 e. The number of aliphatic hydroxyl groups excluding tert-OH is 1. The van der Waals surface area contributed by atoms with E-state index in [0.717, 1.165) is 43.9 Å². The molecule has 2 heterocycles. The Morgan fingerprint density at radius 3 is 2.21 bits per heavy atom. The Hall–Kier alpha value is -0.870. The summed E-state index contributed by atoms with van der Waals surface area (Å²) in [6.07, 6.45) is 2.68. The Morgan fingerprint density at radius 1 is 1.07 bits per heavy atom. The molecule has 1 aromatic carbocycles. The van der Waals surface area contributed by atoms with Crippen molar-refractivity contribution in [2.75, 3.05) is 13.1 Å². The summed E-state index contributed by atoms with van der Waals surface area (Å²) in [5, 5.41) is 10.3. The van der Waals surface area contributed by atoms with Crippen molar-refractivity contribution >= 4 is 47.1 Å². The standard InChI is InChI=1S/C19H35B6NO3/c1-10(2)5-12-9-26-4-3-11-6-16(28-18(20,21)22)17(29-19(23,24)25)7-13(11)14(26)8-15(12)27/h6-7,10,12,14-15,27H,3-5,8-9,20-25H2,1-2H3. The molecule has 0 amide bonds. The number of fused-ring (bicyclic) bond motifs is 3. The van der Waals surface area contributed by atoms with Gasteiger partial charge in [-0.1, -0.05) is 13.8 Å². The van der Waals surface area contributed by atoms with Crippen LogP contribution in [0.3, 0.4) is 0 Å². The van der Waals surface area contributed by atoms with Crippen LogP contribution in [0, 0.1) is 11.8 Å². The maximum Gasteiger partial charge on any atom is 0.159 e. The minimum Gasteiger partial charge on any atom is -0.510 e. The lowest BCUT2D eigenvalue weighted by atomic mass is 9.52. The van der Waals surface area contributed by atoms with E-state index in [1.165, 1.54) is 11.1 Å². The smallest absolute Gasteiger partial charge is 0.159 e. The van der Waals surface area contributed by atoms with Gasteiger partial charge in [-0.3, -0.25) is 4.90 Å². The average Bonchev–Trinajstić information content (AvgIpc) is 2.53. The molecule has 0 bridgehead atoms. The van der Waals surface area contributed by atoms with E-state index >= 15 is 0 Å². The van der Waals surface area contributed by atoms with Gasteiger partial charge in [0.15, 0.2) is 11.5 Å². The molecule has 2 aliphatic rings. The Morgan fingerprint density at radius 2 is 1.66 bits per heavy atom. The summed E-state index contributed by atoms with van der Waals surface area (Å²) < 4.78 is 12.6. The van der Waals surface area contributed by atoms with Crippen LogP contribution in [0.15, 0.2) is 12.1 Å². The molecule has 3 atom stereocenters. The molecule has 29 heavy (non-hydrogen) atoms. The molecule has 3 rings (SSSR count). The summed E-state index contributed by atoms with van der Waals surface area (Å²) in [7, 11) is 12.4. The van der Waals surface area contributed by atoms with Gasteiger partial charge in [-0.15, -0.1) is 0 Å². The average molecular weight is 390 g/mol. The van der Waals surface area contributed by atoms with Crippen LogP contribution in [0.2, 0.25) is 0 Å². The minimum absolute atomic E-state index is 0.234. The highest BCUT2D eigenvalue weighted by Crippen LogP contribution is 2.44. The maximum absolute atomic E-state index is 10.9. The Balaban J connectivity index is 1.94. The van der Waals surface area contributed by atoms with Crippen LogP contribution in [0.5, 0.6) is 11.5 Å². The molecule has 10 heteroatoms. The van der Waals surface area contributed by atoms with Crippen molar-refractivity contribution in [2.45, 2.75) is 55.9 Å². The zero-order chi connectivity index (χ0) is 21.6. The number of nitrogens with zero attached hydrogens (tertiary/aromatic N) is 1. The third kappa shape index (κ3) is 5.85. The van der Waals surface area contributed by atoms with E-state index in [1.807, 2.05) is 0 Å². The first-order chi connectivity index (χ1) is 13.3. The summed E-state index contributed by atoms with van der Waals surface area (Å²) in [6.45, 7) is 6.53. The van der Waals surface area contributed by atoms with Crippen LogP contribution < -0.4 is 9.47 Å². The predicted molar refractivity (Wildman–Crippen MR) is 136 cm³/mol. The lowest BCUT2D eigenvalue weighted by Crippen LogP contribution is -2.48. The fourth-order valence-corrected chi connectivity index (χ4v) is 4.76. The molecule has 0 aromatic heterocycles. The van der Waals surface area contributed by atoms with Gasteiger partial charge in [0.1, 0.15) is 47.1 Å². The van der Waals surface area contributed by atoms with Crippen LogP contribution in [-0.4, -0.2) is 86.9 Å². The van der Waals surface area contributed by atoms with Crippen molar-refractivity contribution in [1.82, 2.24) is 4.90 Å². The topological polar surface area (TPSA) is 41.9 Å². The van der Waals surface area contributed by atoms with Crippen molar-refractivity contribution < 1.29 is 14.6 Å². The van der Waals surface area contributed by atoms with Gasteiger partial charge in [0.05, 0.1) is 6.10 Å². The van der Waals surface area contributed by atoms with Crippen molar-refractivity contribution in [3.63, 3.8) is 0 Å². The normalized spacial score (nSPS) is 25.3.